The Labute approximate surface area is 101 Å². The van der Waals surface area contributed by atoms with Gasteiger partial charge in [0.05, 0.1) is 6.61 Å². The number of hydrogen-bond acceptors (Lipinski definition) is 2. The lowest BCUT2D eigenvalue weighted by Gasteiger charge is -2.26. The summed E-state index contributed by atoms with van der Waals surface area (Å²) in [6, 6.07) is 4.40. The van der Waals surface area contributed by atoms with Crippen LogP contribution in [0.3, 0.4) is 0 Å². The van der Waals surface area contributed by atoms with Crippen LogP contribution in [0.1, 0.15) is 36.4 Å². The lowest BCUT2D eigenvalue weighted by Crippen LogP contribution is -2.27. The largest absolute Gasteiger partial charge is 0.493 e. The van der Waals surface area contributed by atoms with Gasteiger partial charge < -0.3 is 10.1 Å². The molecule has 16 heavy (non-hydrogen) atoms. The van der Waals surface area contributed by atoms with Crippen molar-refractivity contribution in [1.29, 1.82) is 0 Å². The van der Waals surface area contributed by atoms with Crippen molar-refractivity contribution in [3.8, 4) is 5.75 Å². The van der Waals surface area contributed by atoms with E-state index in [2.05, 4.69) is 5.32 Å². The van der Waals surface area contributed by atoms with E-state index in [9.17, 15) is 0 Å². The van der Waals surface area contributed by atoms with Crippen LogP contribution in [0.25, 0.3) is 0 Å². The summed E-state index contributed by atoms with van der Waals surface area (Å²) in [7, 11) is 0. The number of hydrogen-bond donors (Lipinski definition) is 1. The van der Waals surface area contributed by atoms with Gasteiger partial charge in [0.1, 0.15) is 5.75 Å². The molecule has 2 aliphatic rings. The molecule has 1 N–H and O–H groups in total. The minimum absolute atomic E-state index is 0.429. The topological polar surface area (TPSA) is 21.3 Å². The number of benzene rings is 1. The number of rotatable bonds is 1. The molecule has 0 amide bonds. The summed E-state index contributed by atoms with van der Waals surface area (Å²) in [4.78, 5) is 0. The molecule has 0 aromatic heterocycles. The second-order valence-corrected chi connectivity index (χ2v) is 4.95. The predicted molar refractivity (Wildman–Crippen MR) is 65.2 cm³/mol. The molecule has 86 valence electrons. The Morgan fingerprint density at radius 2 is 2.25 bits per heavy atom. The normalized spacial score (nSPS) is 23.9. The van der Waals surface area contributed by atoms with E-state index in [0.29, 0.717) is 6.04 Å². The van der Waals surface area contributed by atoms with Gasteiger partial charge in [-0.1, -0.05) is 18.0 Å². The Morgan fingerprint density at radius 1 is 1.31 bits per heavy atom. The zero-order valence-corrected chi connectivity index (χ0v) is 10.0. The van der Waals surface area contributed by atoms with Crippen LogP contribution in [0.2, 0.25) is 5.02 Å². The third-order valence-corrected chi connectivity index (χ3v) is 3.86. The zero-order chi connectivity index (χ0) is 11.0. The van der Waals surface area contributed by atoms with Crippen LogP contribution in [0.4, 0.5) is 0 Å². The highest BCUT2D eigenvalue weighted by atomic mass is 35.5. The third-order valence-electron chi connectivity index (χ3n) is 3.53. The van der Waals surface area contributed by atoms with Crippen LogP contribution >= 0.6 is 11.6 Å². The van der Waals surface area contributed by atoms with Crippen molar-refractivity contribution in [2.75, 3.05) is 13.2 Å². The molecule has 1 unspecified atom stereocenters. The third kappa shape index (κ3) is 1.70. The van der Waals surface area contributed by atoms with Crippen LogP contribution in [0.5, 0.6) is 5.75 Å². The highest BCUT2D eigenvalue weighted by molar-refractivity contribution is 6.31. The molecule has 0 aliphatic carbocycles. The Hall–Kier alpha value is -0.730. The molecule has 1 aromatic rings. The standard InChI is InChI=1S/C13H16ClNO/c14-10-4-5-12-9(6-8-16-12)13(10)11-3-1-2-7-15-11/h4-5,11,15H,1-3,6-8H2. The summed E-state index contributed by atoms with van der Waals surface area (Å²) >= 11 is 6.35. The molecular formula is C13H16ClNO. The molecule has 0 radical (unpaired) electrons. The van der Waals surface area contributed by atoms with E-state index in [1.165, 1.54) is 30.4 Å². The SMILES string of the molecule is Clc1ccc2c(c1C1CCCCN1)CCO2. The van der Waals surface area contributed by atoms with Gasteiger partial charge in [0.15, 0.2) is 0 Å². The minimum Gasteiger partial charge on any atom is -0.493 e. The molecule has 0 saturated carbocycles. The van der Waals surface area contributed by atoms with Gasteiger partial charge in [0.25, 0.3) is 0 Å². The van der Waals surface area contributed by atoms with E-state index in [0.717, 1.165) is 30.3 Å². The van der Waals surface area contributed by atoms with Gasteiger partial charge in [-0.2, -0.15) is 0 Å². The van der Waals surface area contributed by atoms with Crippen molar-refractivity contribution < 1.29 is 4.74 Å². The second-order valence-electron chi connectivity index (χ2n) is 4.54. The quantitative estimate of drug-likeness (QED) is 0.811. The zero-order valence-electron chi connectivity index (χ0n) is 9.26. The van der Waals surface area contributed by atoms with Crippen LogP contribution in [-0.4, -0.2) is 13.2 Å². The van der Waals surface area contributed by atoms with Crippen LogP contribution < -0.4 is 10.1 Å². The van der Waals surface area contributed by atoms with Crippen LogP contribution in [-0.2, 0) is 6.42 Å². The molecule has 2 aliphatic heterocycles. The van der Waals surface area contributed by atoms with Gasteiger partial charge in [0.2, 0.25) is 0 Å². The summed E-state index contributed by atoms with van der Waals surface area (Å²) in [5, 5.41) is 4.46. The van der Waals surface area contributed by atoms with E-state index in [1.54, 1.807) is 0 Å². The number of piperidine rings is 1. The fourth-order valence-electron chi connectivity index (χ4n) is 2.75. The summed E-state index contributed by atoms with van der Waals surface area (Å²) in [5.41, 5.74) is 2.61. The Kier molecular flexibility index (Phi) is 2.78. The molecule has 2 nitrogen and oxygen atoms in total. The summed E-state index contributed by atoms with van der Waals surface area (Å²) in [5.74, 6) is 1.03. The highest BCUT2D eigenvalue weighted by Gasteiger charge is 2.25. The molecule has 3 heteroatoms. The van der Waals surface area contributed by atoms with Crippen molar-refractivity contribution in [2.24, 2.45) is 0 Å². The van der Waals surface area contributed by atoms with Gasteiger partial charge >= 0.3 is 0 Å². The monoisotopic (exact) mass is 237 g/mol. The molecule has 1 atom stereocenters. The van der Waals surface area contributed by atoms with Crippen LogP contribution in [0.15, 0.2) is 12.1 Å². The lowest BCUT2D eigenvalue weighted by atomic mass is 9.92. The van der Waals surface area contributed by atoms with Gasteiger partial charge in [-0.15, -0.1) is 0 Å². The molecule has 0 spiro atoms. The average Bonchev–Trinajstić information content (AvgIpc) is 2.78. The molecule has 3 rings (SSSR count). The maximum absolute atomic E-state index is 6.35. The Morgan fingerprint density at radius 3 is 3.06 bits per heavy atom. The Balaban J connectivity index is 2.01. The van der Waals surface area contributed by atoms with Crippen molar-refractivity contribution >= 4 is 11.6 Å². The van der Waals surface area contributed by atoms with Gasteiger partial charge in [-0.3, -0.25) is 0 Å². The van der Waals surface area contributed by atoms with Crippen molar-refractivity contribution in [3.05, 3.63) is 28.3 Å². The second kappa shape index (κ2) is 4.27. The summed E-state index contributed by atoms with van der Waals surface area (Å²) in [6.45, 7) is 1.90. The number of fused-ring (bicyclic) bond motifs is 1. The maximum atomic E-state index is 6.35. The van der Waals surface area contributed by atoms with Crippen molar-refractivity contribution in [2.45, 2.75) is 31.7 Å². The summed E-state index contributed by atoms with van der Waals surface area (Å²) < 4.78 is 5.60. The molecular weight excluding hydrogens is 222 g/mol. The van der Waals surface area contributed by atoms with Crippen molar-refractivity contribution in [1.82, 2.24) is 5.32 Å². The molecule has 1 fully saturated rings. The fourth-order valence-corrected chi connectivity index (χ4v) is 3.06. The number of halogens is 1. The highest BCUT2D eigenvalue weighted by Crippen LogP contribution is 2.38. The number of ether oxygens (including phenoxy) is 1. The molecule has 1 saturated heterocycles. The van der Waals surface area contributed by atoms with E-state index in [4.69, 9.17) is 16.3 Å². The first kappa shape index (κ1) is 10.4. The van der Waals surface area contributed by atoms with E-state index < -0.39 is 0 Å². The molecule has 2 heterocycles. The first-order valence-electron chi connectivity index (χ1n) is 6.04. The minimum atomic E-state index is 0.429. The van der Waals surface area contributed by atoms with Gasteiger partial charge in [-0.25, -0.2) is 0 Å². The molecule has 1 aromatic carbocycles. The Bertz CT molecular complexity index is 399. The lowest BCUT2D eigenvalue weighted by molar-refractivity contribution is 0.357. The molecule has 0 bridgehead atoms. The fraction of sp³-hybridized carbons (Fsp3) is 0.538. The van der Waals surface area contributed by atoms with Crippen LogP contribution in [0, 0.1) is 0 Å². The predicted octanol–water partition coefficient (Wildman–Crippen LogP) is 3.09. The smallest absolute Gasteiger partial charge is 0.123 e. The average molecular weight is 238 g/mol. The number of nitrogens with one attached hydrogen (secondary N) is 1. The van der Waals surface area contributed by atoms with E-state index in [1.807, 2.05) is 12.1 Å². The first-order chi connectivity index (χ1) is 7.86. The van der Waals surface area contributed by atoms with Crippen molar-refractivity contribution in [3.63, 3.8) is 0 Å². The van der Waals surface area contributed by atoms with Gasteiger partial charge in [-0.05, 0) is 37.1 Å². The first-order valence-corrected chi connectivity index (χ1v) is 6.41. The van der Waals surface area contributed by atoms with E-state index in [-0.39, 0.29) is 0 Å². The van der Waals surface area contributed by atoms with E-state index >= 15 is 0 Å². The summed E-state index contributed by atoms with van der Waals surface area (Å²) in [6.07, 6.45) is 4.76. The maximum Gasteiger partial charge on any atom is 0.123 e. The van der Waals surface area contributed by atoms with Gasteiger partial charge in [0, 0.05) is 23.0 Å².